The van der Waals surface area contributed by atoms with E-state index in [1.54, 1.807) is 0 Å². The topological polar surface area (TPSA) is 25.8 Å². The summed E-state index contributed by atoms with van der Waals surface area (Å²) in [6.07, 6.45) is 1.90. The molecule has 0 saturated carbocycles. The maximum absolute atomic E-state index is 5.07. The van der Waals surface area contributed by atoms with Crippen LogP contribution in [0.15, 0.2) is 134 Å². The lowest BCUT2D eigenvalue weighted by Crippen LogP contribution is -1.92. The van der Waals surface area contributed by atoms with Crippen molar-refractivity contribution >= 4 is 54.0 Å². The second-order valence-corrected chi connectivity index (χ2v) is 9.80. The number of para-hydroxylation sites is 1. The van der Waals surface area contributed by atoms with Crippen molar-refractivity contribution in [1.82, 2.24) is 9.97 Å². The SMILES string of the molecule is c1ccc2c(c1)nc(-c1cc(-c3ccc4c5ccccc5c5ccccc5c4c3)ccn1)c1ccccc12. The number of fused-ring (bicyclic) bond motifs is 9. The summed E-state index contributed by atoms with van der Waals surface area (Å²) in [6.45, 7) is 0. The molecule has 0 fully saturated rings. The van der Waals surface area contributed by atoms with E-state index in [9.17, 15) is 0 Å². The molecular weight excluding hydrogens is 460 g/mol. The fraction of sp³-hybridized carbons (Fsp3) is 0. The summed E-state index contributed by atoms with van der Waals surface area (Å²) in [5, 5.41) is 11.2. The summed E-state index contributed by atoms with van der Waals surface area (Å²) < 4.78 is 0. The first-order chi connectivity index (χ1) is 18.8. The molecule has 0 N–H and O–H groups in total. The van der Waals surface area contributed by atoms with E-state index in [0.717, 1.165) is 33.2 Å². The minimum Gasteiger partial charge on any atom is -0.255 e. The molecule has 8 rings (SSSR count). The predicted molar refractivity (Wildman–Crippen MR) is 160 cm³/mol. The van der Waals surface area contributed by atoms with Gasteiger partial charge in [-0.05, 0) is 73.1 Å². The van der Waals surface area contributed by atoms with E-state index in [4.69, 9.17) is 9.97 Å². The first kappa shape index (κ1) is 21.0. The Morgan fingerprint density at radius 2 is 0.868 bits per heavy atom. The van der Waals surface area contributed by atoms with E-state index < -0.39 is 0 Å². The van der Waals surface area contributed by atoms with Gasteiger partial charge in [0.1, 0.15) is 0 Å². The Labute approximate surface area is 219 Å². The zero-order valence-corrected chi connectivity index (χ0v) is 20.6. The van der Waals surface area contributed by atoms with Crippen molar-refractivity contribution in [2.75, 3.05) is 0 Å². The molecule has 0 bridgehead atoms. The summed E-state index contributed by atoms with van der Waals surface area (Å²) in [7, 11) is 0. The lowest BCUT2D eigenvalue weighted by atomic mass is 9.92. The zero-order chi connectivity index (χ0) is 25.1. The second-order valence-electron chi connectivity index (χ2n) is 9.80. The van der Waals surface area contributed by atoms with Crippen LogP contribution in [0.2, 0.25) is 0 Å². The van der Waals surface area contributed by atoms with Crippen LogP contribution in [-0.2, 0) is 0 Å². The van der Waals surface area contributed by atoms with Crippen LogP contribution in [0.3, 0.4) is 0 Å². The van der Waals surface area contributed by atoms with Crippen molar-refractivity contribution in [2.45, 2.75) is 0 Å². The predicted octanol–water partition coefficient (Wildman–Crippen LogP) is 9.58. The van der Waals surface area contributed by atoms with Gasteiger partial charge < -0.3 is 0 Å². The smallest absolute Gasteiger partial charge is 0.0972 e. The molecule has 0 amide bonds. The van der Waals surface area contributed by atoms with Crippen LogP contribution in [0, 0.1) is 0 Å². The molecule has 0 spiro atoms. The van der Waals surface area contributed by atoms with Crippen LogP contribution in [0.5, 0.6) is 0 Å². The highest BCUT2D eigenvalue weighted by Crippen LogP contribution is 2.38. The van der Waals surface area contributed by atoms with Gasteiger partial charge in [0, 0.05) is 17.0 Å². The van der Waals surface area contributed by atoms with Crippen LogP contribution in [0.1, 0.15) is 0 Å². The van der Waals surface area contributed by atoms with Gasteiger partial charge in [0.15, 0.2) is 0 Å². The fourth-order valence-electron chi connectivity index (χ4n) is 5.93. The molecule has 6 aromatic carbocycles. The third-order valence-electron chi connectivity index (χ3n) is 7.69. The van der Waals surface area contributed by atoms with E-state index >= 15 is 0 Å². The summed E-state index contributed by atoms with van der Waals surface area (Å²) in [5.41, 5.74) is 5.09. The quantitative estimate of drug-likeness (QED) is 0.229. The van der Waals surface area contributed by atoms with Gasteiger partial charge in [0.25, 0.3) is 0 Å². The lowest BCUT2D eigenvalue weighted by molar-refractivity contribution is 1.29. The summed E-state index contributed by atoms with van der Waals surface area (Å²) in [5.74, 6) is 0. The van der Waals surface area contributed by atoms with Gasteiger partial charge in [-0.25, -0.2) is 4.98 Å². The van der Waals surface area contributed by atoms with Gasteiger partial charge in [0.05, 0.1) is 16.9 Å². The molecule has 2 heterocycles. The summed E-state index contributed by atoms with van der Waals surface area (Å²) >= 11 is 0. The van der Waals surface area contributed by atoms with Crippen molar-refractivity contribution in [1.29, 1.82) is 0 Å². The van der Waals surface area contributed by atoms with Gasteiger partial charge in [-0.2, -0.15) is 0 Å². The largest absolute Gasteiger partial charge is 0.255 e. The van der Waals surface area contributed by atoms with Crippen molar-refractivity contribution in [3.63, 3.8) is 0 Å². The Bertz CT molecular complexity index is 2160. The minimum absolute atomic E-state index is 0.882. The molecule has 2 aromatic heterocycles. The number of pyridine rings is 2. The van der Waals surface area contributed by atoms with Gasteiger partial charge in [0.2, 0.25) is 0 Å². The van der Waals surface area contributed by atoms with Gasteiger partial charge >= 0.3 is 0 Å². The third kappa shape index (κ3) is 3.14. The van der Waals surface area contributed by atoms with Gasteiger partial charge in [-0.3, -0.25) is 4.98 Å². The van der Waals surface area contributed by atoms with Crippen LogP contribution >= 0.6 is 0 Å². The highest BCUT2D eigenvalue weighted by atomic mass is 14.8. The average molecular weight is 483 g/mol. The Morgan fingerprint density at radius 3 is 1.55 bits per heavy atom. The maximum Gasteiger partial charge on any atom is 0.0972 e. The molecule has 0 aliphatic heterocycles. The fourth-order valence-corrected chi connectivity index (χ4v) is 5.93. The molecule has 8 aromatic rings. The Hall–Kier alpha value is -5.08. The number of hydrogen-bond acceptors (Lipinski definition) is 2. The number of nitrogens with zero attached hydrogens (tertiary/aromatic N) is 2. The monoisotopic (exact) mass is 482 g/mol. The molecule has 0 unspecified atom stereocenters. The molecule has 2 nitrogen and oxygen atoms in total. The van der Waals surface area contributed by atoms with Crippen molar-refractivity contribution < 1.29 is 0 Å². The number of hydrogen-bond donors (Lipinski definition) is 0. The Kier molecular flexibility index (Phi) is 4.55. The Balaban J connectivity index is 1.36. The van der Waals surface area contributed by atoms with Crippen molar-refractivity contribution in [2.24, 2.45) is 0 Å². The molecule has 38 heavy (non-hydrogen) atoms. The van der Waals surface area contributed by atoms with Gasteiger partial charge in [-0.1, -0.05) is 103 Å². The highest BCUT2D eigenvalue weighted by molar-refractivity contribution is 6.25. The minimum atomic E-state index is 0.882. The van der Waals surface area contributed by atoms with Crippen LogP contribution in [0.4, 0.5) is 0 Å². The number of rotatable bonds is 2. The van der Waals surface area contributed by atoms with Crippen LogP contribution in [-0.4, -0.2) is 9.97 Å². The highest BCUT2D eigenvalue weighted by Gasteiger charge is 2.13. The van der Waals surface area contributed by atoms with Crippen molar-refractivity contribution in [3.8, 4) is 22.5 Å². The van der Waals surface area contributed by atoms with Crippen LogP contribution in [0.25, 0.3) is 76.5 Å². The summed E-state index contributed by atoms with van der Waals surface area (Å²) in [4.78, 5) is 9.85. The standard InChI is InChI=1S/C36H22N2/c1-2-11-27-25(9-1)26-10-3-4-12-28(26)33-21-23(17-18-30(27)33)24-19-20-37-35(22-24)36-32-15-6-5-13-29(32)31-14-7-8-16-34(31)38-36/h1-22H. The van der Waals surface area contributed by atoms with E-state index in [2.05, 4.69) is 121 Å². The number of aromatic nitrogens is 2. The van der Waals surface area contributed by atoms with E-state index in [-0.39, 0.29) is 0 Å². The Morgan fingerprint density at radius 1 is 0.368 bits per heavy atom. The van der Waals surface area contributed by atoms with Crippen LogP contribution < -0.4 is 0 Å². The molecule has 0 atom stereocenters. The molecule has 2 heteroatoms. The molecule has 176 valence electrons. The molecule has 0 aliphatic rings. The number of benzene rings is 6. The molecular formula is C36H22N2. The van der Waals surface area contributed by atoms with Gasteiger partial charge in [-0.15, -0.1) is 0 Å². The molecule has 0 aliphatic carbocycles. The zero-order valence-electron chi connectivity index (χ0n) is 20.6. The van der Waals surface area contributed by atoms with E-state index in [1.165, 1.54) is 43.3 Å². The second kappa shape index (κ2) is 8.22. The normalized spacial score (nSPS) is 11.7. The van der Waals surface area contributed by atoms with E-state index in [1.807, 2.05) is 12.3 Å². The molecule has 0 saturated heterocycles. The average Bonchev–Trinajstić information content (AvgIpc) is 3.00. The first-order valence-electron chi connectivity index (χ1n) is 12.9. The van der Waals surface area contributed by atoms with Crippen molar-refractivity contribution in [3.05, 3.63) is 134 Å². The first-order valence-corrected chi connectivity index (χ1v) is 12.9. The maximum atomic E-state index is 5.07. The lowest BCUT2D eigenvalue weighted by Gasteiger charge is -2.13. The molecule has 0 radical (unpaired) electrons. The van der Waals surface area contributed by atoms with E-state index in [0.29, 0.717) is 0 Å². The third-order valence-corrected chi connectivity index (χ3v) is 7.69. The summed E-state index contributed by atoms with van der Waals surface area (Å²) in [6, 6.07) is 45.3.